The first-order chi connectivity index (χ1) is 5.99. The van der Waals surface area contributed by atoms with Gasteiger partial charge >= 0.3 is 8.60 Å². The van der Waals surface area contributed by atoms with Crippen LogP contribution in [0.5, 0.6) is 0 Å². The van der Waals surface area contributed by atoms with Gasteiger partial charge in [0.05, 0.1) is 13.2 Å². The highest BCUT2D eigenvalue weighted by Gasteiger charge is 2.23. The second-order valence-electron chi connectivity index (χ2n) is 1.95. The molecule has 0 saturated carbocycles. The molecule has 0 spiro atoms. The molecule has 13 heavy (non-hydrogen) atoms. The molecule has 0 amide bonds. The zero-order chi connectivity index (χ0) is 10.3. The molecule has 3 nitrogen and oxygen atoms in total. The fraction of sp³-hybridized carbons (Fsp3) is 1.00. The lowest BCUT2D eigenvalue weighted by molar-refractivity contribution is 0.172. The minimum absolute atomic E-state index is 0.0383. The van der Waals surface area contributed by atoms with Crippen LogP contribution in [0.25, 0.3) is 0 Å². The Bertz CT molecular complexity index is 125. The zero-order valence-corrected chi connectivity index (χ0v) is 10.6. The molecule has 0 aromatic rings. The van der Waals surface area contributed by atoms with E-state index in [4.69, 9.17) is 48.4 Å². The summed E-state index contributed by atoms with van der Waals surface area (Å²) in [6.07, 6.45) is 0. The molecule has 0 rings (SSSR count). The number of hydrogen-bond acceptors (Lipinski definition) is 3. The van der Waals surface area contributed by atoms with Crippen molar-refractivity contribution in [3.63, 3.8) is 0 Å². The Kier molecular flexibility index (Phi) is 8.15. The molecule has 0 radical (unpaired) electrons. The van der Waals surface area contributed by atoms with Crippen LogP contribution >= 0.6 is 43.4 Å². The predicted octanol–water partition coefficient (Wildman–Crippen LogP) is 3.67. The van der Waals surface area contributed by atoms with E-state index in [1.807, 2.05) is 13.8 Å². The maximum absolute atomic E-state index is 5.48. The lowest BCUT2D eigenvalue weighted by Crippen LogP contribution is -2.11. The molecule has 0 atom stereocenters. The lowest BCUT2D eigenvalue weighted by Gasteiger charge is -2.17. The van der Waals surface area contributed by atoms with Gasteiger partial charge in [-0.25, -0.2) is 0 Å². The van der Waals surface area contributed by atoms with Crippen LogP contribution in [0.15, 0.2) is 0 Å². The van der Waals surface area contributed by atoms with Gasteiger partial charge in [0.15, 0.2) is 0 Å². The van der Waals surface area contributed by atoms with Gasteiger partial charge in [0, 0.05) is 0 Å². The van der Waals surface area contributed by atoms with Gasteiger partial charge in [-0.1, -0.05) is 34.8 Å². The number of halogens is 3. The summed E-state index contributed by atoms with van der Waals surface area (Å²) in [5, 5.41) is 0. The zero-order valence-electron chi connectivity index (χ0n) is 7.43. The Morgan fingerprint density at radius 2 is 1.46 bits per heavy atom. The van der Waals surface area contributed by atoms with Crippen molar-refractivity contribution in [1.82, 2.24) is 0 Å². The molecular weight excluding hydrogens is 257 g/mol. The fourth-order valence-corrected chi connectivity index (χ4v) is 1.78. The summed E-state index contributed by atoms with van der Waals surface area (Å²) in [4.78, 5) is 0. The lowest BCUT2D eigenvalue weighted by atomic mass is 10.9. The smallest absolute Gasteiger partial charge is 0.313 e. The first-order valence-electron chi connectivity index (χ1n) is 3.75. The summed E-state index contributed by atoms with van der Waals surface area (Å²) in [5.74, 6) is 0. The van der Waals surface area contributed by atoms with Crippen molar-refractivity contribution >= 4 is 43.4 Å². The van der Waals surface area contributed by atoms with Crippen molar-refractivity contribution in [2.75, 3.05) is 19.8 Å². The summed E-state index contributed by atoms with van der Waals surface area (Å²) >= 11 is 16.4. The minimum Gasteiger partial charge on any atom is -0.313 e. The van der Waals surface area contributed by atoms with Crippen LogP contribution < -0.4 is 0 Å². The quantitative estimate of drug-likeness (QED) is 0.544. The van der Waals surface area contributed by atoms with Crippen LogP contribution in [-0.4, -0.2) is 23.6 Å². The van der Waals surface area contributed by atoms with Crippen molar-refractivity contribution in [2.45, 2.75) is 17.6 Å². The van der Waals surface area contributed by atoms with E-state index in [0.717, 1.165) is 0 Å². The molecule has 7 heteroatoms. The van der Waals surface area contributed by atoms with Gasteiger partial charge in [0.25, 0.3) is 0 Å². The molecule has 0 bridgehead atoms. The van der Waals surface area contributed by atoms with E-state index < -0.39 is 12.4 Å². The van der Waals surface area contributed by atoms with Gasteiger partial charge in [-0.15, -0.1) is 0 Å². The van der Waals surface area contributed by atoms with Gasteiger partial charge in [-0.2, -0.15) is 0 Å². The SMILES string of the molecule is CCOP(OCC)OCC(Cl)(Cl)Cl. The van der Waals surface area contributed by atoms with Crippen LogP contribution in [0, 0.1) is 0 Å². The molecule has 0 N–H and O–H groups in total. The van der Waals surface area contributed by atoms with Crippen molar-refractivity contribution in [1.29, 1.82) is 0 Å². The topological polar surface area (TPSA) is 27.7 Å². The van der Waals surface area contributed by atoms with E-state index >= 15 is 0 Å². The number of rotatable bonds is 6. The summed E-state index contributed by atoms with van der Waals surface area (Å²) in [6, 6.07) is 0. The van der Waals surface area contributed by atoms with Crippen molar-refractivity contribution in [2.24, 2.45) is 0 Å². The molecule has 0 aliphatic carbocycles. The molecule has 0 aromatic carbocycles. The second kappa shape index (κ2) is 7.47. The van der Waals surface area contributed by atoms with Crippen molar-refractivity contribution in [3.05, 3.63) is 0 Å². The maximum atomic E-state index is 5.48. The Labute approximate surface area is 94.6 Å². The Morgan fingerprint density at radius 1 is 1.00 bits per heavy atom. The largest absolute Gasteiger partial charge is 0.332 e. The van der Waals surface area contributed by atoms with E-state index in [1.54, 1.807) is 0 Å². The molecule has 0 aliphatic rings. The Morgan fingerprint density at radius 3 is 1.77 bits per heavy atom. The highest BCUT2D eigenvalue weighted by Crippen LogP contribution is 2.42. The van der Waals surface area contributed by atoms with Gasteiger partial charge in [-0.3, -0.25) is 0 Å². The average Bonchev–Trinajstić information content (AvgIpc) is 2.00. The first kappa shape index (κ1) is 14.2. The highest BCUT2D eigenvalue weighted by atomic mass is 35.6. The van der Waals surface area contributed by atoms with E-state index in [-0.39, 0.29) is 6.61 Å². The third-order valence-corrected chi connectivity index (χ3v) is 2.41. The summed E-state index contributed by atoms with van der Waals surface area (Å²) in [7, 11) is -1.38. The minimum atomic E-state index is -1.42. The van der Waals surface area contributed by atoms with Gasteiger partial charge in [0.2, 0.25) is 3.79 Å². The summed E-state index contributed by atoms with van der Waals surface area (Å²) in [6.45, 7) is 4.65. The van der Waals surface area contributed by atoms with Crippen LogP contribution in [0.1, 0.15) is 13.8 Å². The van der Waals surface area contributed by atoms with E-state index in [1.165, 1.54) is 0 Å². The monoisotopic (exact) mass is 268 g/mol. The standard InChI is InChI=1S/C6H12Cl3O3P/c1-3-10-13(11-4-2)12-5-6(7,8)9/h3-5H2,1-2H3. The Hall–Kier alpha value is 1.18. The third kappa shape index (κ3) is 9.48. The van der Waals surface area contributed by atoms with Crippen LogP contribution in [0.2, 0.25) is 0 Å². The number of hydrogen-bond donors (Lipinski definition) is 0. The molecule has 0 heterocycles. The van der Waals surface area contributed by atoms with E-state index in [9.17, 15) is 0 Å². The van der Waals surface area contributed by atoms with Gasteiger partial charge < -0.3 is 13.6 Å². The number of alkyl halides is 3. The normalized spacial score (nSPS) is 12.5. The third-order valence-electron chi connectivity index (χ3n) is 0.803. The van der Waals surface area contributed by atoms with Crippen LogP contribution in [-0.2, 0) is 13.6 Å². The van der Waals surface area contributed by atoms with Crippen LogP contribution in [0.3, 0.4) is 0 Å². The van der Waals surface area contributed by atoms with Crippen molar-refractivity contribution in [3.8, 4) is 0 Å². The van der Waals surface area contributed by atoms with Crippen LogP contribution in [0.4, 0.5) is 0 Å². The molecule has 0 saturated heterocycles. The summed E-state index contributed by atoms with van der Waals surface area (Å²) < 4.78 is 13.9. The second-order valence-corrected chi connectivity index (χ2v) is 5.69. The van der Waals surface area contributed by atoms with E-state index in [2.05, 4.69) is 0 Å². The van der Waals surface area contributed by atoms with Gasteiger partial charge in [-0.05, 0) is 13.8 Å². The highest BCUT2D eigenvalue weighted by molar-refractivity contribution is 7.41. The van der Waals surface area contributed by atoms with E-state index in [0.29, 0.717) is 13.2 Å². The predicted molar refractivity (Wildman–Crippen MR) is 56.4 cm³/mol. The van der Waals surface area contributed by atoms with Crippen molar-refractivity contribution < 1.29 is 13.6 Å². The fourth-order valence-electron chi connectivity index (χ4n) is 0.449. The molecule has 0 aliphatic heterocycles. The Balaban J connectivity index is 3.68. The molecule has 0 fully saturated rings. The maximum Gasteiger partial charge on any atom is 0.332 e. The molecule has 0 unspecified atom stereocenters. The molecule has 80 valence electrons. The summed E-state index contributed by atoms with van der Waals surface area (Å²) in [5.41, 5.74) is 0. The first-order valence-corrected chi connectivity index (χ1v) is 5.98. The molecule has 0 aromatic heterocycles. The van der Waals surface area contributed by atoms with Gasteiger partial charge in [0.1, 0.15) is 6.61 Å². The molecular formula is C6H12Cl3O3P. The average molecular weight is 269 g/mol.